The number of aromatic nitrogens is 4. The zero-order chi connectivity index (χ0) is 41.4. The molecule has 308 valence electrons. The molecule has 0 radical (unpaired) electrons. The van der Waals surface area contributed by atoms with Gasteiger partial charge in [-0.15, -0.1) is 0 Å². The number of amides is 3. The molecule has 8 rings (SSSR count). The fourth-order valence-corrected chi connectivity index (χ4v) is 8.52. The van der Waals surface area contributed by atoms with E-state index < -0.39 is 18.2 Å². The number of carboxylic acid groups (broad SMARTS) is 1. The Morgan fingerprint density at radius 2 is 1.76 bits per heavy atom. The van der Waals surface area contributed by atoms with E-state index in [-0.39, 0.29) is 35.9 Å². The SMILES string of the molecule is CC(C)C.COC[C@H]1C[C@@H](c2ncc(-c3ccc4c(c3)COc3cc5c(ccc6[nH]c([C@@H]7CC[C@H](C)N7C(=O)[C@@H](NC(=O)OC)C(C)C)nc65)cc3-4)[nH]2)N(C(=O)O)C1. The Labute approximate surface area is 338 Å². The second-order valence-electron chi connectivity index (χ2n) is 16.8. The van der Waals surface area contributed by atoms with Gasteiger partial charge in [-0.2, -0.15) is 0 Å². The maximum atomic E-state index is 13.9. The van der Waals surface area contributed by atoms with Crippen molar-refractivity contribution in [2.45, 2.75) is 91.6 Å². The van der Waals surface area contributed by atoms with E-state index in [4.69, 9.17) is 19.2 Å². The summed E-state index contributed by atoms with van der Waals surface area (Å²) >= 11 is 0. The van der Waals surface area contributed by atoms with Crippen LogP contribution < -0.4 is 10.1 Å². The number of hydrogen-bond donors (Lipinski definition) is 4. The first-order chi connectivity index (χ1) is 27.8. The highest BCUT2D eigenvalue weighted by Crippen LogP contribution is 2.44. The lowest BCUT2D eigenvalue weighted by Crippen LogP contribution is -2.52. The predicted octanol–water partition coefficient (Wildman–Crippen LogP) is 8.45. The first kappa shape index (κ1) is 40.6. The highest BCUT2D eigenvalue weighted by atomic mass is 16.5. The third kappa shape index (κ3) is 7.94. The fraction of sp³-hybridized carbons (Fsp3) is 0.477. The second kappa shape index (κ2) is 16.7. The number of nitrogens with one attached hydrogen (secondary N) is 3. The third-order valence-electron chi connectivity index (χ3n) is 11.3. The van der Waals surface area contributed by atoms with Gasteiger partial charge in [0.05, 0.1) is 48.7 Å². The number of carbonyl (C=O) groups is 3. The van der Waals surface area contributed by atoms with Gasteiger partial charge in [0.15, 0.2) is 0 Å². The highest BCUT2D eigenvalue weighted by Gasteiger charge is 2.42. The molecule has 0 bridgehead atoms. The van der Waals surface area contributed by atoms with Gasteiger partial charge in [-0.25, -0.2) is 19.6 Å². The molecule has 2 saturated heterocycles. The van der Waals surface area contributed by atoms with Crippen molar-refractivity contribution in [1.29, 1.82) is 0 Å². The molecule has 3 aromatic carbocycles. The molecule has 0 spiro atoms. The van der Waals surface area contributed by atoms with E-state index in [1.54, 1.807) is 13.3 Å². The maximum Gasteiger partial charge on any atom is 0.407 e. The molecule has 2 aromatic heterocycles. The van der Waals surface area contributed by atoms with Crippen molar-refractivity contribution in [2.24, 2.45) is 17.8 Å². The smallest absolute Gasteiger partial charge is 0.407 e. The van der Waals surface area contributed by atoms with Gasteiger partial charge in [-0.3, -0.25) is 9.69 Å². The lowest BCUT2D eigenvalue weighted by atomic mass is 9.92. The quantitative estimate of drug-likeness (QED) is 0.120. The standard InChI is InChI=1S/C40H45N7O7.C4H10/c1-20(2)34(45-39(49)53-5)38(48)47-21(3)6-11-31(47)37-42-29-10-8-23-14-28-26-9-7-24(13-25(26)19-54-33(28)15-27(23)35(29)44-37)30-16-41-36(43-30)32-12-22(18-52-4)17-46(32)40(50)51;1-4(2)3/h7-10,13-16,20-22,31-32,34H,6,11-12,17-19H2,1-5H3,(H,41,43)(H,42,44)(H,45,49)(H,50,51);4H,1-3H3/t21-,22-,31-,32-,34-;/m0./s1. The van der Waals surface area contributed by atoms with Crippen molar-refractivity contribution in [3.63, 3.8) is 0 Å². The monoisotopic (exact) mass is 793 g/mol. The lowest BCUT2D eigenvalue weighted by Gasteiger charge is -2.32. The summed E-state index contributed by atoms with van der Waals surface area (Å²) in [4.78, 5) is 57.9. The fourth-order valence-electron chi connectivity index (χ4n) is 8.52. The summed E-state index contributed by atoms with van der Waals surface area (Å²) in [6, 6.07) is 13.2. The molecule has 3 aliphatic heterocycles. The third-order valence-corrected chi connectivity index (χ3v) is 11.3. The number of ether oxygens (including phenoxy) is 3. The van der Waals surface area contributed by atoms with Gasteiger partial charge in [-0.05, 0) is 84.4 Å². The minimum absolute atomic E-state index is 0.0204. The summed E-state index contributed by atoms with van der Waals surface area (Å²) in [5.74, 6) is 2.78. The van der Waals surface area contributed by atoms with Gasteiger partial charge in [-0.1, -0.05) is 52.8 Å². The number of hydrogen-bond acceptors (Lipinski definition) is 8. The van der Waals surface area contributed by atoms with E-state index in [2.05, 4.69) is 77.4 Å². The zero-order valence-corrected chi connectivity index (χ0v) is 34.6. The van der Waals surface area contributed by atoms with Crippen LogP contribution in [-0.4, -0.2) is 92.4 Å². The van der Waals surface area contributed by atoms with Crippen LogP contribution in [0.4, 0.5) is 9.59 Å². The molecule has 4 N–H and O–H groups in total. The summed E-state index contributed by atoms with van der Waals surface area (Å²) in [6.07, 6.45) is 2.39. The van der Waals surface area contributed by atoms with Crippen molar-refractivity contribution < 1.29 is 33.7 Å². The van der Waals surface area contributed by atoms with Crippen molar-refractivity contribution in [2.75, 3.05) is 27.4 Å². The van der Waals surface area contributed by atoms with Gasteiger partial charge >= 0.3 is 12.2 Å². The summed E-state index contributed by atoms with van der Waals surface area (Å²) < 4.78 is 16.5. The topological polar surface area (TPSA) is 175 Å². The first-order valence-corrected chi connectivity index (χ1v) is 20.2. The predicted molar refractivity (Wildman–Crippen MR) is 221 cm³/mol. The molecular formula is C44H55N7O7. The van der Waals surface area contributed by atoms with E-state index in [1.807, 2.05) is 31.7 Å². The van der Waals surface area contributed by atoms with Crippen molar-refractivity contribution >= 4 is 39.9 Å². The Balaban J connectivity index is 0.00000122. The van der Waals surface area contributed by atoms with Gasteiger partial charge in [0.25, 0.3) is 0 Å². The molecule has 0 unspecified atom stereocenters. The van der Waals surface area contributed by atoms with Crippen LogP contribution in [0.5, 0.6) is 5.75 Å². The number of nitrogens with zero attached hydrogens (tertiary/aromatic N) is 4. The van der Waals surface area contributed by atoms with Crippen LogP contribution in [0.25, 0.3) is 44.2 Å². The van der Waals surface area contributed by atoms with Crippen LogP contribution in [0.3, 0.4) is 0 Å². The van der Waals surface area contributed by atoms with Crippen LogP contribution >= 0.6 is 0 Å². The molecule has 58 heavy (non-hydrogen) atoms. The Bertz CT molecular complexity index is 2310. The largest absolute Gasteiger partial charge is 0.488 e. The maximum absolute atomic E-state index is 13.9. The van der Waals surface area contributed by atoms with Crippen LogP contribution in [0.15, 0.2) is 48.7 Å². The zero-order valence-electron chi connectivity index (χ0n) is 34.6. The Kier molecular flexibility index (Phi) is 11.7. The number of rotatable bonds is 8. The molecule has 0 aliphatic carbocycles. The van der Waals surface area contributed by atoms with E-state index in [0.29, 0.717) is 37.8 Å². The number of imidazole rings is 2. The van der Waals surface area contributed by atoms with Crippen molar-refractivity contribution in [3.05, 3.63) is 65.9 Å². The van der Waals surface area contributed by atoms with Crippen LogP contribution in [0.2, 0.25) is 0 Å². The molecule has 3 amide bonds. The summed E-state index contributed by atoms with van der Waals surface area (Å²) in [5, 5.41) is 14.5. The first-order valence-electron chi connectivity index (χ1n) is 20.2. The number of alkyl carbamates (subject to hydrolysis) is 1. The van der Waals surface area contributed by atoms with Crippen LogP contribution in [0.1, 0.15) is 90.1 Å². The normalized spacial score (nSPS) is 20.4. The highest BCUT2D eigenvalue weighted by molar-refractivity contribution is 6.07. The number of likely N-dealkylation sites (tertiary alicyclic amines) is 2. The molecule has 5 atom stereocenters. The van der Waals surface area contributed by atoms with Gasteiger partial charge in [0, 0.05) is 36.6 Å². The Hall–Kier alpha value is -5.63. The number of carbonyl (C=O) groups excluding carboxylic acids is 2. The van der Waals surface area contributed by atoms with Gasteiger partial charge < -0.3 is 39.5 Å². The minimum atomic E-state index is -0.963. The van der Waals surface area contributed by atoms with E-state index >= 15 is 0 Å². The number of fused-ring (bicyclic) bond motifs is 6. The van der Waals surface area contributed by atoms with Gasteiger partial charge in [0.1, 0.15) is 30.0 Å². The number of benzene rings is 3. The molecule has 2 fully saturated rings. The minimum Gasteiger partial charge on any atom is -0.488 e. The summed E-state index contributed by atoms with van der Waals surface area (Å²) in [5.41, 5.74) is 6.53. The molecule has 3 aliphatic rings. The Morgan fingerprint density at radius 3 is 2.47 bits per heavy atom. The van der Waals surface area contributed by atoms with Crippen molar-refractivity contribution in [3.8, 4) is 28.1 Å². The van der Waals surface area contributed by atoms with E-state index in [0.717, 1.165) is 74.3 Å². The molecule has 5 aromatic rings. The van der Waals surface area contributed by atoms with Crippen LogP contribution in [-0.2, 0) is 20.9 Å². The lowest BCUT2D eigenvalue weighted by molar-refractivity contribution is -0.137. The summed E-state index contributed by atoms with van der Waals surface area (Å²) in [6.45, 7) is 13.6. The number of aromatic amines is 2. The van der Waals surface area contributed by atoms with Crippen molar-refractivity contribution in [1.82, 2.24) is 35.1 Å². The van der Waals surface area contributed by atoms with Crippen LogP contribution in [0, 0.1) is 17.8 Å². The van der Waals surface area contributed by atoms with E-state index in [9.17, 15) is 19.5 Å². The average Bonchev–Trinajstić information content (AvgIpc) is 4.01. The van der Waals surface area contributed by atoms with Gasteiger partial charge in [0.2, 0.25) is 5.91 Å². The molecular weight excluding hydrogens is 739 g/mol. The average molecular weight is 794 g/mol. The molecule has 5 heterocycles. The number of H-pyrrole nitrogens is 2. The molecule has 14 heteroatoms. The number of methoxy groups -OCH3 is 2. The Morgan fingerprint density at radius 1 is 0.983 bits per heavy atom. The second-order valence-corrected chi connectivity index (χ2v) is 16.8. The van der Waals surface area contributed by atoms with E-state index in [1.165, 1.54) is 12.0 Å². The molecule has 14 nitrogen and oxygen atoms in total. The molecule has 0 saturated carbocycles. The summed E-state index contributed by atoms with van der Waals surface area (Å²) in [7, 11) is 2.92.